The highest BCUT2D eigenvalue weighted by atomic mass is 19.1. The first-order valence-electron chi connectivity index (χ1n) is 8.32. The van der Waals surface area contributed by atoms with Crippen LogP contribution in [0.4, 0.5) is 15.8 Å². The van der Waals surface area contributed by atoms with E-state index in [1.807, 2.05) is 0 Å². The molecule has 0 aliphatic heterocycles. The van der Waals surface area contributed by atoms with Crippen LogP contribution >= 0.6 is 0 Å². The number of nitro benzene ring substituents is 1. The minimum atomic E-state index is -0.840. The lowest BCUT2D eigenvalue weighted by Crippen LogP contribution is -2.13. The second kappa shape index (κ2) is 7.79. The molecule has 3 aromatic rings. The second-order valence-corrected chi connectivity index (χ2v) is 6.09. The van der Waals surface area contributed by atoms with Gasteiger partial charge in [-0.3, -0.25) is 19.7 Å². The van der Waals surface area contributed by atoms with Gasteiger partial charge in [-0.05, 0) is 25.1 Å². The maximum Gasteiger partial charge on any atom is 0.276 e. The van der Waals surface area contributed by atoms with E-state index in [0.717, 1.165) is 12.1 Å². The number of carbonyl (C=O) groups is 2. The molecule has 28 heavy (non-hydrogen) atoms. The van der Waals surface area contributed by atoms with Crippen molar-refractivity contribution in [2.45, 2.75) is 6.92 Å². The first-order chi connectivity index (χ1) is 13.4. The fourth-order valence-electron chi connectivity index (χ4n) is 2.68. The van der Waals surface area contributed by atoms with E-state index in [0.29, 0.717) is 16.8 Å². The standard InChI is InChI=1S/C21H15FN2O4/c1-13-18(22)11-16(12-19(13)24(27)28)21(26)23-17-9-5-8-15(10-17)20(25)14-6-3-2-4-7-14/h2-12H,1H3,(H,23,26). The highest BCUT2D eigenvalue weighted by Crippen LogP contribution is 2.24. The molecule has 1 amide bonds. The van der Waals surface area contributed by atoms with Crippen LogP contribution in [0.2, 0.25) is 0 Å². The van der Waals surface area contributed by atoms with E-state index in [1.54, 1.807) is 48.5 Å². The predicted octanol–water partition coefficient (Wildman–Crippen LogP) is 4.53. The molecule has 0 atom stereocenters. The van der Waals surface area contributed by atoms with Gasteiger partial charge in [0.2, 0.25) is 0 Å². The van der Waals surface area contributed by atoms with Gasteiger partial charge in [-0.2, -0.15) is 0 Å². The van der Waals surface area contributed by atoms with Crippen LogP contribution in [0, 0.1) is 22.9 Å². The van der Waals surface area contributed by atoms with E-state index in [9.17, 15) is 24.1 Å². The summed E-state index contributed by atoms with van der Waals surface area (Å²) in [5.74, 6) is -1.77. The van der Waals surface area contributed by atoms with E-state index in [4.69, 9.17) is 0 Å². The number of amides is 1. The zero-order valence-corrected chi connectivity index (χ0v) is 14.8. The number of ketones is 1. The molecule has 0 aromatic heterocycles. The lowest BCUT2D eigenvalue weighted by molar-refractivity contribution is -0.385. The summed E-state index contributed by atoms with van der Waals surface area (Å²) in [5, 5.41) is 13.6. The van der Waals surface area contributed by atoms with Gasteiger partial charge in [-0.15, -0.1) is 0 Å². The van der Waals surface area contributed by atoms with Gasteiger partial charge in [-0.1, -0.05) is 42.5 Å². The van der Waals surface area contributed by atoms with Crippen molar-refractivity contribution in [1.29, 1.82) is 0 Å². The number of benzene rings is 3. The fourth-order valence-corrected chi connectivity index (χ4v) is 2.68. The number of carbonyl (C=O) groups excluding carboxylic acids is 2. The molecule has 6 nitrogen and oxygen atoms in total. The van der Waals surface area contributed by atoms with E-state index < -0.39 is 22.3 Å². The number of halogens is 1. The third kappa shape index (κ3) is 3.93. The van der Waals surface area contributed by atoms with Crippen LogP contribution in [-0.4, -0.2) is 16.6 Å². The van der Waals surface area contributed by atoms with Crippen LogP contribution in [0.15, 0.2) is 66.7 Å². The Bertz CT molecular complexity index is 1080. The van der Waals surface area contributed by atoms with E-state index >= 15 is 0 Å². The summed E-state index contributed by atoms with van der Waals surface area (Å²) in [4.78, 5) is 35.2. The Morgan fingerprint density at radius 2 is 1.61 bits per heavy atom. The van der Waals surface area contributed by atoms with Crippen LogP contribution in [-0.2, 0) is 0 Å². The van der Waals surface area contributed by atoms with Gasteiger partial charge in [0.1, 0.15) is 5.82 Å². The van der Waals surface area contributed by atoms with Gasteiger partial charge in [-0.25, -0.2) is 4.39 Å². The van der Waals surface area contributed by atoms with E-state index in [-0.39, 0.29) is 16.9 Å². The van der Waals surface area contributed by atoms with Crippen molar-refractivity contribution in [3.8, 4) is 0 Å². The van der Waals surface area contributed by atoms with Crippen LogP contribution in [0.1, 0.15) is 31.8 Å². The third-order valence-electron chi connectivity index (χ3n) is 4.19. The van der Waals surface area contributed by atoms with Crippen LogP contribution in [0.5, 0.6) is 0 Å². The molecular formula is C21H15FN2O4. The highest BCUT2D eigenvalue weighted by molar-refractivity contribution is 6.10. The molecule has 0 aliphatic rings. The largest absolute Gasteiger partial charge is 0.322 e. The molecule has 0 spiro atoms. The minimum Gasteiger partial charge on any atom is -0.322 e. The minimum absolute atomic E-state index is 0.142. The molecule has 0 fully saturated rings. The highest BCUT2D eigenvalue weighted by Gasteiger charge is 2.20. The number of hydrogen-bond donors (Lipinski definition) is 1. The van der Waals surface area contributed by atoms with Gasteiger partial charge < -0.3 is 5.32 Å². The molecule has 0 radical (unpaired) electrons. The van der Waals surface area contributed by atoms with Crippen molar-refractivity contribution in [2.75, 3.05) is 5.32 Å². The van der Waals surface area contributed by atoms with Crippen LogP contribution < -0.4 is 5.32 Å². The Hall–Kier alpha value is -3.87. The molecule has 3 rings (SSSR count). The van der Waals surface area contributed by atoms with E-state index in [2.05, 4.69) is 5.32 Å². The topological polar surface area (TPSA) is 89.3 Å². The molecule has 3 aromatic carbocycles. The molecule has 0 aliphatic carbocycles. The third-order valence-corrected chi connectivity index (χ3v) is 4.19. The maximum absolute atomic E-state index is 13.9. The maximum atomic E-state index is 13.9. The van der Waals surface area contributed by atoms with Gasteiger partial charge in [0.25, 0.3) is 11.6 Å². The molecule has 0 saturated heterocycles. The first-order valence-corrected chi connectivity index (χ1v) is 8.32. The fraction of sp³-hybridized carbons (Fsp3) is 0.0476. The first kappa shape index (κ1) is 18.9. The van der Waals surface area contributed by atoms with Gasteiger partial charge in [0, 0.05) is 28.4 Å². The van der Waals surface area contributed by atoms with Crippen molar-refractivity contribution < 1.29 is 18.9 Å². The molecule has 0 heterocycles. The van der Waals surface area contributed by atoms with Crippen molar-refractivity contribution in [3.63, 3.8) is 0 Å². The predicted molar refractivity (Wildman–Crippen MR) is 102 cm³/mol. The molecule has 0 bridgehead atoms. The van der Waals surface area contributed by atoms with Crippen LogP contribution in [0.25, 0.3) is 0 Å². The molecular weight excluding hydrogens is 363 g/mol. The Kier molecular flexibility index (Phi) is 5.26. The van der Waals surface area contributed by atoms with Crippen molar-refractivity contribution in [3.05, 3.63) is 105 Å². The average molecular weight is 378 g/mol. The van der Waals surface area contributed by atoms with Gasteiger partial charge in [0.15, 0.2) is 5.78 Å². The molecule has 7 heteroatoms. The molecule has 0 unspecified atom stereocenters. The monoisotopic (exact) mass is 378 g/mol. The summed E-state index contributed by atoms with van der Waals surface area (Å²) in [7, 11) is 0. The number of hydrogen-bond acceptors (Lipinski definition) is 4. The summed E-state index contributed by atoms with van der Waals surface area (Å²) in [6.07, 6.45) is 0. The smallest absolute Gasteiger partial charge is 0.276 e. The quantitative estimate of drug-likeness (QED) is 0.401. The summed E-state index contributed by atoms with van der Waals surface area (Å²) >= 11 is 0. The second-order valence-electron chi connectivity index (χ2n) is 6.09. The molecule has 1 N–H and O–H groups in total. The van der Waals surface area contributed by atoms with Crippen molar-refractivity contribution in [2.24, 2.45) is 0 Å². The van der Waals surface area contributed by atoms with Crippen LogP contribution in [0.3, 0.4) is 0 Å². The normalized spacial score (nSPS) is 10.4. The SMILES string of the molecule is Cc1c(F)cc(C(=O)Nc2cccc(C(=O)c3ccccc3)c2)cc1[N+](=O)[O-]. The van der Waals surface area contributed by atoms with Crippen molar-refractivity contribution >= 4 is 23.1 Å². The zero-order chi connectivity index (χ0) is 20.3. The Morgan fingerprint density at radius 1 is 0.929 bits per heavy atom. The average Bonchev–Trinajstić information content (AvgIpc) is 2.70. The number of nitrogens with one attached hydrogen (secondary N) is 1. The Balaban J connectivity index is 1.86. The summed E-state index contributed by atoms with van der Waals surface area (Å²) < 4.78 is 13.9. The van der Waals surface area contributed by atoms with E-state index in [1.165, 1.54) is 13.0 Å². The van der Waals surface area contributed by atoms with Gasteiger partial charge >= 0.3 is 0 Å². The zero-order valence-electron chi connectivity index (χ0n) is 14.8. The number of nitrogens with zero attached hydrogens (tertiary/aromatic N) is 1. The van der Waals surface area contributed by atoms with Crippen molar-refractivity contribution in [1.82, 2.24) is 0 Å². The summed E-state index contributed by atoms with van der Waals surface area (Å²) in [6.45, 7) is 1.27. The summed E-state index contributed by atoms with van der Waals surface area (Å²) in [6, 6.07) is 16.9. The molecule has 0 saturated carbocycles. The lowest BCUT2D eigenvalue weighted by Gasteiger charge is -2.08. The Labute approximate surface area is 159 Å². The summed E-state index contributed by atoms with van der Waals surface area (Å²) in [5.41, 5.74) is 0.382. The molecule has 140 valence electrons. The number of anilines is 1. The number of nitro groups is 1. The Morgan fingerprint density at radius 3 is 2.29 bits per heavy atom. The number of rotatable bonds is 5. The lowest BCUT2D eigenvalue weighted by atomic mass is 10.0. The van der Waals surface area contributed by atoms with Gasteiger partial charge in [0.05, 0.1) is 10.5 Å².